The Bertz CT molecular complexity index is 1320. The van der Waals surface area contributed by atoms with Crippen LogP contribution in [0.2, 0.25) is 0 Å². The zero-order chi connectivity index (χ0) is 22.8. The number of hydrogen-bond donors (Lipinski definition) is 0. The molecule has 0 amide bonds. The van der Waals surface area contributed by atoms with Crippen LogP contribution in [-0.2, 0) is 11.2 Å². The largest absolute Gasteiger partial charge is 0.462 e. The minimum atomic E-state index is -0.332. The molecular weight excluding hydrogens is 430 g/mol. The summed E-state index contributed by atoms with van der Waals surface area (Å²) in [6, 6.07) is 20.7. The molecule has 0 unspecified atom stereocenters. The van der Waals surface area contributed by atoms with Gasteiger partial charge in [0.05, 0.1) is 23.7 Å². The van der Waals surface area contributed by atoms with Crippen LogP contribution in [0.1, 0.15) is 52.0 Å². The van der Waals surface area contributed by atoms with Gasteiger partial charge >= 0.3 is 5.97 Å². The predicted molar refractivity (Wildman–Crippen MR) is 133 cm³/mol. The van der Waals surface area contributed by atoms with Gasteiger partial charge in [-0.15, -0.1) is 0 Å². The van der Waals surface area contributed by atoms with Crippen LogP contribution < -0.4 is 0 Å². The number of thiazole rings is 1. The third kappa shape index (κ3) is 4.14. The summed E-state index contributed by atoms with van der Waals surface area (Å²) in [6.07, 6.45) is 5.25. The van der Waals surface area contributed by atoms with Crippen LogP contribution >= 0.6 is 11.3 Å². The minimum absolute atomic E-state index is 0.332. The normalized spacial score (nSPS) is 14.3. The number of rotatable bonds is 5. The van der Waals surface area contributed by atoms with Crippen molar-refractivity contribution in [3.05, 3.63) is 88.1 Å². The molecule has 0 saturated heterocycles. The van der Waals surface area contributed by atoms with E-state index in [2.05, 4.69) is 42.5 Å². The molecule has 2 aromatic heterocycles. The number of fused-ring (bicyclic) bond motifs is 1. The first-order valence-electron chi connectivity index (χ1n) is 11.2. The highest BCUT2D eigenvalue weighted by atomic mass is 32.1. The first-order chi connectivity index (χ1) is 16.2. The van der Waals surface area contributed by atoms with E-state index in [1.54, 1.807) is 0 Å². The monoisotopic (exact) mass is 455 g/mol. The number of ether oxygens (including phenoxy) is 1. The number of aromatic nitrogens is 3. The molecule has 33 heavy (non-hydrogen) atoms. The number of hydrogen-bond acceptors (Lipinski definition) is 5. The average molecular weight is 456 g/mol. The van der Waals surface area contributed by atoms with Crippen LogP contribution in [-0.4, -0.2) is 27.3 Å². The Morgan fingerprint density at radius 1 is 1.09 bits per heavy atom. The van der Waals surface area contributed by atoms with E-state index in [1.807, 2.05) is 42.8 Å². The summed E-state index contributed by atoms with van der Waals surface area (Å²) >= 11 is 1.33. The van der Waals surface area contributed by atoms with Gasteiger partial charge in [-0.3, -0.25) is 0 Å². The van der Waals surface area contributed by atoms with Crippen molar-refractivity contribution in [2.75, 3.05) is 6.61 Å². The van der Waals surface area contributed by atoms with Gasteiger partial charge in [0.25, 0.3) is 0 Å². The Hall–Kier alpha value is -3.51. The standard InChI is InChI=1S/C27H25N3O2S/c1-3-32-26(31)25-18(2)28-27(33-25)30-24(20-13-8-5-9-14-20)22-16-10-15-21(23(22)29-30)17-19-11-6-4-7-12-19/h4-9,11-14,17H,3,10,15-16H2,1-2H3/b21-17+. The van der Waals surface area contributed by atoms with Gasteiger partial charge in [0, 0.05) is 11.1 Å². The molecular formula is C27H25N3O2S. The summed E-state index contributed by atoms with van der Waals surface area (Å²) in [4.78, 5) is 17.7. The molecule has 2 aromatic carbocycles. The maximum atomic E-state index is 12.4. The summed E-state index contributed by atoms with van der Waals surface area (Å²) in [6.45, 7) is 3.99. The predicted octanol–water partition coefficient (Wildman–Crippen LogP) is 6.36. The van der Waals surface area contributed by atoms with Gasteiger partial charge in [-0.2, -0.15) is 5.10 Å². The summed E-state index contributed by atoms with van der Waals surface area (Å²) in [7, 11) is 0. The van der Waals surface area contributed by atoms with Gasteiger partial charge in [-0.1, -0.05) is 72.0 Å². The lowest BCUT2D eigenvalue weighted by atomic mass is 9.89. The van der Waals surface area contributed by atoms with Crippen LogP contribution in [0.25, 0.3) is 28.0 Å². The van der Waals surface area contributed by atoms with E-state index in [4.69, 9.17) is 14.8 Å². The van der Waals surface area contributed by atoms with E-state index >= 15 is 0 Å². The first kappa shape index (κ1) is 21.3. The third-order valence-corrected chi connectivity index (χ3v) is 6.89. The molecule has 5 rings (SSSR count). The highest BCUT2D eigenvalue weighted by Crippen LogP contribution is 2.39. The lowest BCUT2D eigenvalue weighted by Gasteiger charge is -2.15. The molecule has 4 aromatic rings. The van der Waals surface area contributed by atoms with E-state index < -0.39 is 0 Å². The Morgan fingerprint density at radius 3 is 2.55 bits per heavy atom. The second-order valence-electron chi connectivity index (χ2n) is 8.02. The molecule has 0 saturated carbocycles. The van der Waals surface area contributed by atoms with E-state index in [9.17, 15) is 4.79 Å². The number of allylic oxidation sites excluding steroid dienone is 1. The molecule has 0 fully saturated rings. The summed E-state index contributed by atoms with van der Waals surface area (Å²) in [5, 5.41) is 5.76. The Kier molecular flexibility index (Phi) is 5.92. The molecule has 1 aliphatic rings. The highest BCUT2D eigenvalue weighted by molar-refractivity contribution is 7.16. The van der Waals surface area contributed by atoms with Crippen molar-refractivity contribution in [1.29, 1.82) is 0 Å². The molecule has 0 radical (unpaired) electrons. The van der Waals surface area contributed by atoms with Crippen LogP contribution in [0.3, 0.4) is 0 Å². The van der Waals surface area contributed by atoms with Crippen LogP contribution in [0.15, 0.2) is 60.7 Å². The van der Waals surface area contributed by atoms with Gasteiger partial charge < -0.3 is 4.74 Å². The van der Waals surface area contributed by atoms with Gasteiger partial charge in [-0.25, -0.2) is 14.5 Å². The van der Waals surface area contributed by atoms with Crippen molar-refractivity contribution in [1.82, 2.24) is 14.8 Å². The Balaban J connectivity index is 1.69. The van der Waals surface area contributed by atoms with Crippen LogP contribution in [0.4, 0.5) is 0 Å². The zero-order valence-electron chi connectivity index (χ0n) is 18.7. The van der Waals surface area contributed by atoms with Gasteiger partial charge in [0.1, 0.15) is 4.88 Å². The number of esters is 1. The zero-order valence-corrected chi connectivity index (χ0v) is 19.6. The Morgan fingerprint density at radius 2 is 1.82 bits per heavy atom. The third-order valence-electron chi connectivity index (χ3n) is 5.78. The fraction of sp³-hybridized carbons (Fsp3) is 0.222. The van der Waals surface area contributed by atoms with E-state index in [0.29, 0.717) is 22.3 Å². The molecule has 0 spiro atoms. The maximum Gasteiger partial charge on any atom is 0.350 e. The maximum absolute atomic E-state index is 12.4. The first-order valence-corrected chi connectivity index (χ1v) is 12.1. The number of aryl methyl sites for hydroxylation is 1. The van der Waals surface area contributed by atoms with E-state index in [0.717, 1.165) is 36.2 Å². The lowest BCUT2D eigenvalue weighted by Crippen LogP contribution is -2.03. The molecule has 5 nitrogen and oxygen atoms in total. The smallest absolute Gasteiger partial charge is 0.350 e. The van der Waals surface area contributed by atoms with Gasteiger partial charge in [0.15, 0.2) is 0 Å². The number of carbonyl (C=O) groups is 1. The Labute approximate surface area is 197 Å². The summed E-state index contributed by atoms with van der Waals surface area (Å²) in [5.41, 5.74) is 7.48. The van der Waals surface area contributed by atoms with Gasteiger partial charge in [-0.05, 0) is 50.3 Å². The van der Waals surface area contributed by atoms with Crippen molar-refractivity contribution in [3.63, 3.8) is 0 Å². The molecule has 0 aliphatic heterocycles. The summed E-state index contributed by atoms with van der Waals surface area (Å²) in [5.74, 6) is -0.332. The molecule has 0 atom stereocenters. The second-order valence-corrected chi connectivity index (χ2v) is 9.00. The summed E-state index contributed by atoms with van der Waals surface area (Å²) < 4.78 is 7.15. The quantitative estimate of drug-likeness (QED) is 0.329. The lowest BCUT2D eigenvalue weighted by molar-refractivity contribution is 0.0531. The van der Waals surface area contributed by atoms with Crippen molar-refractivity contribution < 1.29 is 9.53 Å². The average Bonchev–Trinajstić information content (AvgIpc) is 3.42. The van der Waals surface area contributed by atoms with Crippen molar-refractivity contribution in [2.24, 2.45) is 0 Å². The fourth-order valence-corrected chi connectivity index (χ4v) is 5.22. The molecule has 6 heteroatoms. The van der Waals surface area contributed by atoms with Crippen LogP contribution in [0, 0.1) is 6.92 Å². The van der Waals surface area contributed by atoms with E-state index in [-0.39, 0.29) is 5.97 Å². The number of nitrogens with zero attached hydrogens (tertiary/aromatic N) is 3. The van der Waals surface area contributed by atoms with E-state index in [1.165, 1.54) is 28.0 Å². The number of benzene rings is 2. The van der Waals surface area contributed by atoms with Crippen molar-refractivity contribution in [3.8, 4) is 16.4 Å². The molecule has 166 valence electrons. The topological polar surface area (TPSA) is 57.0 Å². The highest BCUT2D eigenvalue weighted by Gasteiger charge is 2.27. The van der Waals surface area contributed by atoms with Crippen LogP contribution in [0.5, 0.6) is 0 Å². The van der Waals surface area contributed by atoms with Crippen molar-refractivity contribution in [2.45, 2.75) is 33.1 Å². The molecule has 2 heterocycles. The fourth-order valence-electron chi connectivity index (χ4n) is 4.30. The molecule has 0 N–H and O–H groups in total. The van der Waals surface area contributed by atoms with Gasteiger partial charge in [0.2, 0.25) is 5.13 Å². The SMILES string of the molecule is CCOC(=O)c1sc(-n2nc3c(c2-c2ccccc2)CCC/C3=C\c2ccccc2)nc1C. The molecule has 1 aliphatic carbocycles. The second kappa shape index (κ2) is 9.16. The minimum Gasteiger partial charge on any atom is -0.462 e. The molecule has 0 bridgehead atoms. The van der Waals surface area contributed by atoms with Crippen molar-refractivity contribution >= 4 is 29.0 Å². The number of carbonyl (C=O) groups excluding carboxylic acids is 1.